The van der Waals surface area contributed by atoms with E-state index in [1.807, 2.05) is 49.4 Å². The minimum absolute atomic E-state index is 0.129. The fraction of sp³-hybridized carbons (Fsp3) is 0.673. The van der Waals surface area contributed by atoms with Crippen LogP contribution < -0.4 is 0 Å². The third-order valence-electron chi connectivity index (χ3n) is 12.1. The highest BCUT2D eigenvalue weighted by Crippen LogP contribution is 2.37. The molecule has 2 rings (SSSR count). The summed E-state index contributed by atoms with van der Waals surface area (Å²) >= 11 is 12.7. The van der Waals surface area contributed by atoms with Crippen molar-refractivity contribution in [3.8, 4) is 0 Å². The van der Waals surface area contributed by atoms with Crippen molar-refractivity contribution < 1.29 is 29.0 Å². The lowest BCUT2D eigenvalue weighted by atomic mass is 9.87. The first-order chi connectivity index (χ1) is 29.2. The largest absolute Gasteiger partial charge is 0.481 e. The molecular formula is C55H92Cl2O6Si. The standard InChI is InChI=1S/C25H39ClO2.C15H21ClO2.C15H32O2Si/c1-8-9-14-25(6,7)15-10-17-28-23(27)19(2)21-12-11-20(22(26)18-21)13-16-24(3,4)5;1-10(14(17)18)12-6-5-11(13(16)9-12)7-8-15(2,3)4;1-14(2,3)18(6,7)17-13-9-11-15(4,5)10-8-12-16/h10-12,15,18-19H,8-9,13-14,16-17H2,1-7H3;5-6,9-10H,7-8H2,1-4H3,(H,17,18);8,10,16H,9,11-13H2,1-7H3/b15-10+;;10-8+. The number of carboxylic acid groups (broad SMARTS) is 1. The van der Waals surface area contributed by atoms with Crippen LogP contribution >= 0.6 is 23.2 Å². The maximum absolute atomic E-state index is 12.4. The predicted molar refractivity (Wildman–Crippen MR) is 279 cm³/mol. The maximum Gasteiger partial charge on any atom is 0.313 e. The molecule has 366 valence electrons. The van der Waals surface area contributed by atoms with Crippen molar-refractivity contribution in [2.24, 2.45) is 21.7 Å². The smallest absolute Gasteiger partial charge is 0.313 e. The van der Waals surface area contributed by atoms with E-state index in [0.717, 1.165) is 78.8 Å². The fourth-order valence-corrected chi connectivity index (χ4v) is 7.89. The van der Waals surface area contributed by atoms with Gasteiger partial charge in [0, 0.05) is 16.7 Å². The first kappa shape index (κ1) is 61.6. The van der Waals surface area contributed by atoms with E-state index in [9.17, 15) is 9.59 Å². The minimum Gasteiger partial charge on any atom is -0.481 e. The fourth-order valence-electron chi connectivity index (χ4n) is 6.23. The van der Waals surface area contributed by atoms with Gasteiger partial charge in [-0.05, 0) is 133 Å². The molecule has 0 amide bonds. The maximum atomic E-state index is 12.4. The molecule has 0 radical (unpaired) electrons. The number of rotatable bonds is 21. The number of carboxylic acids is 1. The van der Waals surface area contributed by atoms with E-state index in [2.05, 4.69) is 122 Å². The Morgan fingerprint density at radius 1 is 0.688 bits per heavy atom. The Morgan fingerprint density at radius 3 is 1.52 bits per heavy atom. The van der Waals surface area contributed by atoms with Crippen molar-refractivity contribution in [3.63, 3.8) is 0 Å². The van der Waals surface area contributed by atoms with E-state index in [1.54, 1.807) is 13.0 Å². The van der Waals surface area contributed by atoms with Crippen molar-refractivity contribution >= 4 is 43.5 Å². The number of halogens is 2. The quantitative estimate of drug-likeness (QED) is 0.0560. The summed E-state index contributed by atoms with van der Waals surface area (Å²) < 4.78 is 11.6. The molecule has 0 aromatic heterocycles. The zero-order chi connectivity index (χ0) is 49.7. The number of hydrogen-bond donors (Lipinski definition) is 2. The molecule has 0 spiro atoms. The van der Waals surface area contributed by atoms with Crippen molar-refractivity contribution in [2.45, 2.75) is 199 Å². The molecule has 0 heterocycles. The number of carbonyl (C=O) groups excluding carboxylic acids is 1. The number of aryl methyl sites for hydroxylation is 2. The number of ether oxygens (including phenoxy) is 1. The van der Waals surface area contributed by atoms with E-state index < -0.39 is 20.2 Å². The van der Waals surface area contributed by atoms with E-state index >= 15 is 0 Å². The lowest BCUT2D eigenvalue weighted by Gasteiger charge is -2.36. The zero-order valence-corrected chi connectivity index (χ0v) is 46.2. The summed E-state index contributed by atoms with van der Waals surface area (Å²) in [5.41, 5.74) is 4.73. The number of carbonyl (C=O) groups is 2. The van der Waals surface area contributed by atoms with Gasteiger partial charge in [-0.1, -0.05) is 182 Å². The van der Waals surface area contributed by atoms with Gasteiger partial charge in [0.05, 0.1) is 18.4 Å². The topological polar surface area (TPSA) is 93.1 Å². The molecule has 64 heavy (non-hydrogen) atoms. The van der Waals surface area contributed by atoms with Crippen LogP contribution in [0, 0.1) is 21.7 Å². The Hall–Kier alpha value is -2.42. The van der Waals surface area contributed by atoms with Gasteiger partial charge in [0.15, 0.2) is 8.32 Å². The predicted octanol–water partition coefficient (Wildman–Crippen LogP) is 16.6. The van der Waals surface area contributed by atoms with E-state index in [-0.39, 0.29) is 40.2 Å². The lowest BCUT2D eigenvalue weighted by Crippen LogP contribution is -2.41. The van der Waals surface area contributed by atoms with Gasteiger partial charge in [-0.3, -0.25) is 9.59 Å². The molecule has 0 fully saturated rings. The molecule has 2 atom stereocenters. The van der Waals surface area contributed by atoms with Gasteiger partial charge in [-0.15, -0.1) is 0 Å². The second-order valence-electron chi connectivity index (χ2n) is 23.0. The Balaban J connectivity index is 0.000000969. The van der Waals surface area contributed by atoms with Gasteiger partial charge < -0.3 is 19.4 Å². The third-order valence-corrected chi connectivity index (χ3v) is 17.4. The highest BCUT2D eigenvalue weighted by atomic mass is 35.5. The van der Waals surface area contributed by atoms with Crippen molar-refractivity contribution in [1.29, 1.82) is 0 Å². The molecular weight excluding hydrogens is 856 g/mol. The number of allylic oxidation sites excluding steroid dienone is 2. The summed E-state index contributed by atoms with van der Waals surface area (Å²) in [6.07, 6.45) is 17.8. The number of esters is 1. The molecule has 0 saturated carbocycles. The summed E-state index contributed by atoms with van der Waals surface area (Å²) in [5.74, 6) is -1.88. The number of hydrogen-bond acceptors (Lipinski definition) is 5. The van der Waals surface area contributed by atoms with Crippen LogP contribution in [0.1, 0.15) is 190 Å². The molecule has 0 bridgehead atoms. The van der Waals surface area contributed by atoms with Crippen LogP contribution in [0.4, 0.5) is 0 Å². The van der Waals surface area contributed by atoms with Crippen LogP contribution in [0.25, 0.3) is 0 Å². The number of aliphatic carboxylic acids is 1. The monoisotopic (exact) mass is 947 g/mol. The molecule has 0 aliphatic heterocycles. The Bertz CT molecular complexity index is 1740. The van der Waals surface area contributed by atoms with Crippen LogP contribution in [0.3, 0.4) is 0 Å². The minimum atomic E-state index is -1.58. The molecule has 2 aromatic carbocycles. The Labute approximate surface area is 403 Å². The summed E-state index contributed by atoms with van der Waals surface area (Å²) in [5, 5.41) is 19.5. The Morgan fingerprint density at radius 2 is 1.12 bits per heavy atom. The second-order valence-corrected chi connectivity index (χ2v) is 28.6. The van der Waals surface area contributed by atoms with Gasteiger partial charge >= 0.3 is 11.9 Å². The molecule has 0 saturated heterocycles. The van der Waals surface area contributed by atoms with Crippen LogP contribution in [0.2, 0.25) is 28.2 Å². The number of aliphatic hydroxyl groups is 1. The summed E-state index contributed by atoms with van der Waals surface area (Å²) in [6, 6.07) is 11.5. The molecule has 0 aliphatic rings. The first-order valence-electron chi connectivity index (χ1n) is 23.7. The third kappa shape index (κ3) is 26.7. The SMILES string of the molecule is CC(C(=O)O)c1ccc(CCC(C)(C)C)c(Cl)c1.CC(C)(/C=C/CO)CCCO[Si](C)(C)C(C)(C)C.CCCCC(C)(C)/C=C/COC(=O)C(C)c1ccc(CCC(C)(C)C)c(Cl)c1. The summed E-state index contributed by atoms with van der Waals surface area (Å²) in [6.45, 7) is 40.6. The van der Waals surface area contributed by atoms with E-state index in [1.165, 1.54) is 12.8 Å². The molecule has 9 heteroatoms. The van der Waals surface area contributed by atoms with Crippen molar-refractivity contribution in [3.05, 3.63) is 93.0 Å². The van der Waals surface area contributed by atoms with Gasteiger partial charge in [-0.25, -0.2) is 0 Å². The molecule has 2 aromatic rings. The molecule has 0 aliphatic carbocycles. The van der Waals surface area contributed by atoms with Crippen molar-refractivity contribution in [2.75, 3.05) is 19.8 Å². The average molecular weight is 948 g/mol. The van der Waals surface area contributed by atoms with E-state index in [0.29, 0.717) is 16.7 Å². The van der Waals surface area contributed by atoms with Gasteiger partial charge in [-0.2, -0.15) is 0 Å². The van der Waals surface area contributed by atoms with Crippen LogP contribution in [-0.2, 0) is 31.6 Å². The number of benzene rings is 2. The zero-order valence-electron chi connectivity index (χ0n) is 43.7. The van der Waals surface area contributed by atoms with Crippen LogP contribution in [-0.4, -0.2) is 50.3 Å². The van der Waals surface area contributed by atoms with Crippen molar-refractivity contribution in [1.82, 2.24) is 0 Å². The summed E-state index contributed by atoms with van der Waals surface area (Å²) in [4.78, 5) is 23.3. The normalized spacial score (nSPS) is 13.8. The molecule has 2 unspecified atom stereocenters. The van der Waals surface area contributed by atoms with Gasteiger partial charge in [0.25, 0.3) is 0 Å². The average Bonchev–Trinajstić information content (AvgIpc) is 3.17. The Kier molecular flexibility index (Phi) is 27.0. The van der Waals surface area contributed by atoms with Gasteiger partial charge in [0.1, 0.15) is 6.61 Å². The molecule has 2 N–H and O–H groups in total. The van der Waals surface area contributed by atoms with Crippen LogP contribution in [0.5, 0.6) is 0 Å². The lowest BCUT2D eigenvalue weighted by molar-refractivity contribution is -0.143. The number of aliphatic hydroxyl groups excluding tert-OH is 1. The van der Waals surface area contributed by atoms with E-state index in [4.69, 9.17) is 42.6 Å². The molecule has 6 nitrogen and oxygen atoms in total. The van der Waals surface area contributed by atoms with Gasteiger partial charge in [0.2, 0.25) is 0 Å². The summed E-state index contributed by atoms with van der Waals surface area (Å²) in [7, 11) is -1.58. The first-order valence-corrected chi connectivity index (χ1v) is 27.4. The van der Waals surface area contributed by atoms with Crippen LogP contribution in [0.15, 0.2) is 60.7 Å². The second kappa shape index (κ2) is 28.0. The highest BCUT2D eigenvalue weighted by molar-refractivity contribution is 6.74. The number of unbranched alkanes of at least 4 members (excludes halogenated alkanes) is 1. The highest BCUT2D eigenvalue weighted by Gasteiger charge is 2.37.